The van der Waals surface area contributed by atoms with E-state index in [0.717, 1.165) is 5.56 Å². The summed E-state index contributed by atoms with van der Waals surface area (Å²) in [6, 6.07) is 5.07. The van der Waals surface area contributed by atoms with Crippen LogP contribution in [-0.2, 0) is 9.59 Å². The van der Waals surface area contributed by atoms with Gasteiger partial charge < -0.3 is 20.0 Å². The fourth-order valence-electron chi connectivity index (χ4n) is 3.90. The molecule has 176 valence electrons. The minimum absolute atomic E-state index is 0.0691. The first-order valence-electron chi connectivity index (χ1n) is 10.7. The van der Waals surface area contributed by atoms with Crippen LogP contribution in [0.2, 0.25) is 10.0 Å². The van der Waals surface area contributed by atoms with Crippen LogP contribution in [0.3, 0.4) is 0 Å². The molecular weight excluding hydrogens is 460 g/mol. The van der Waals surface area contributed by atoms with E-state index < -0.39 is 18.4 Å². The van der Waals surface area contributed by atoms with Gasteiger partial charge in [0, 0.05) is 58.3 Å². The number of benzene rings is 1. The summed E-state index contributed by atoms with van der Waals surface area (Å²) in [6.07, 6.45) is 0.458. The SMILES string of the molecule is O=C(/C=C/c1ccc(Cl)c(Cl)c1)N1CCC(=O)N(CC(O)CN2CC[C@H](O)[C@@H](F)C2)CC1. The molecule has 2 heterocycles. The summed E-state index contributed by atoms with van der Waals surface area (Å²) in [6.45, 7) is 1.88. The summed E-state index contributed by atoms with van der Waals surface area (Å²) in [4.78, 5) is 29.9. The third kappa shape index (κ3) is 6.89. The van der Waals surface area contributed by atoms with E-state index in [1.165, 1.54) is 6.08 Å². The highest BCUT2D eigenvalue weighted by Crippen LogP contribution is 2.23. The predicted molar refractivity (Wildman–Crippen MR) is 121 cm³/mol. The van der Waals surface area contributed by atoms with E-state index in [1.54, 1.807) is 39.0 Å². The number of hydrogen-bond acceptors (Lipinski definition) is 5. The second-order valence-corrected chi connectivity index (χ2v) is 9.02. The Morgan fingerprint density at radius 1 is 1.19 bits per heavy atom. The lowest BCUT2D eigenvalue weighted by molar-refractivity contribution is -0.132. The molecule has 2 aliphatic heterocycles. The largest absolute Gasteiger partial charge is 0.390 e. The molecule has 1 aromatic rings. The standard InChI is InChI=1S/C22H28Cl2FN3O4/c23-17-3-1-15(11-18(17)24)2-4-21(31)27-8-6-22(32)28(10-9-27)13-16(29)12-26-7-5-20(30)19(25)14-26/h1-4,11,16,19-20,29-30H,5-10,12-14H2/b4-2+/t16?,19-,20-/m0/s1. The van der Waals surface area contributed by atoms with Crippen molar-refractivity contribution in [2.24, 2.45) is 0 Å². The number of alkyl halides is 1. The van der Waals surface area contributed by atoms with Crippen molar-refractivity contribution < 1.29 is 24.2 Å². The van der Waals surface area contributed by atoms with Gasteiger partial charge >= 0.3 is 0 Å². The quantitative estimate of drug-likeness (QED) is 0.598. The second kappa shape index (κ2) is 11.4. The second-order valence-electron chi connectivity index (χ2n) is 8.21. The molecule has 0 saturated carbocycles. The first-order chi connectivity index (χ1) is 15.2. The topological polar surface area (TPSA) is 84.3 Å². The van der Waals surface area contributed by atoms with Crippen LogP contribution >= 0.6 is 23.2 Å². The molecule has 2 amide bonds. The molecule has 0 bridgehead atoms. The fraction of sp³-hybridized carbons (Fsp3) is 0.545. The van der Waals surface area contributed by atoms with Crippen LogP contribution in [0.1, 0.15) is 18.4 Å². The van der Waals surface area contributed by atoms with Crippen LogP contribution in [0.15, 0.2) is 24.3 Å². The van der Waals surface area contributed by atoms with Crippen LogP contribution in [0.4, 0.5) is 4.39 Å². The predicted octanol–water partition coefficient (Wildman–Crippen LogP) is 1.83. The van der Waals surface area contributed by atoms with E-state index in [1.807, 2.05) is 0 Å². The summed E-state index contributed by atoms with van der Waals surface area (Å²) < 4.78 is 13.7. The lowest BCUT2D eigenvalue weighted by Crippen LogP contribution is -2.49. The number of halogens is 3. The fourth-order valence-corrected chi connectivity index (χ4v) is 4.21. The van der Waals surface area contributed by atoms with Gasteiger partial charge in [-0.1, -0.05) is 29.3 Å². The molecule has 0 aromatic heterocycles. The Balaban J connectivity index is 1.50. The molecule has 2 aliphatic rings. The number of carbonyl (C=O) groups excluding carboxylic acids is 2. The molecule has 2 N–H and O–H groups in total. The normalized spacial score (nSPS) is 24.1. The van der Waals surface area contributed by atoms with Crippen LogP contribution < -0.4 is 0 Å². The number of likely N-dealkylation sites (tertiary alicyclic amines) is 1. The number of amides is 2. The molecule has 1 unspecified atom stereocenters. The maximum atomic E-state index is 13.7. The Kier molecular flexibility index (Phi) is 8.90. The Morgan fingerprint density at radius 3 is 2.69 bits per heavy atom. The number of rotatable bonds is 6. The maximum absolute atomic E-state index is 13.7. The number of aliphatic hydroxyl groups is 2. The Labute approximate surface area is 197 Å². The monoisotopic (exact) mass is 487 g/mol. The minimum atomic E-state index is -1.33. The zero-order valence-corrected chi connectivity index (χ0v) is 19.2. The Hall–Kier alpha value is -1.71. The van der Waals surface area contributed by atoms with Crippen molar-refractivity contribution in [2.75, 3.05) is 45.8 Å². The van der Waals surface area contributed by atoms with Gasteiger partial charge in [-0.15, -0.1) is 0 Å². The number of piperidine rings is 1. The molecule has 3 rings (SSSR count). The van der Waals surface area contributed by atoms with Crippen LogP contribution in [0, 0.1) is 0 Å². The van der Waals surface area contributed by atoms with Crippen LogP contribution in [0.25, 0.3) is 6.08 Å². The van der Waals surface area contributed by atoms with Gasteiger partial charge in [-0.25, -0.2) is 4.39 Å². The van der Waals surface area contributed by atoms with Gasteiger partial charge in [-0.2, -0.15) is 0 Å². The van der Waals surface area contributed by atoms with Crippen molar-refractivity contribution in [3.05, 3.63) is 39.9 Å². The van der Waals surface area contributed by atoms with Crippen LogP contribution in [-0.4, -0.2) is 101 Å². The molecule has 0 radical (unpaired) electrons. The zero-order valence-electron chi connectivity index (χ0n) is 17.7. The van der Waals surface area contributed by atoms with Crippen molar-refractivity contribution in [2.45, 2.75) is 31.2 Å². The third-order valence-electron chi connectivity index (χ3n) is 5.75. The molecule has 1 aromatic carbocycles. The van der Waals surface area contributed by atoms with Gasteiger partial charge in [0.2, 0.25) is 11.8 Å². The van der Waals surface area contributed by atoms with E-state index in [-0.39, 0.29) is 37.9 Å². The van der Waals surface area contributed by atoms with E-state index >= 15 is 0 Å². The highest BCUT2D eigenvalue weighted by atomic mass is 35.5. The number of nitrogens with zero attached hydrogens (tertiary/aromatic N) is 3. The number of β-amino-alcohol motifs (C(OH)–C–C–N with tert-alkyl or cyclic N) is 1. The molecule has 2 fully saturated rings. The van der Waals surface area contributed by atoms with Gasteiger partial charge in [0.05, 0.1) is 22.3 Å². The average Bonchev–Trinajstić information content (AvgIpc) is 2.93. The van der Waals surface area contributed by atoms with Crippen molar-refractivity contribution in [1.82, 2.24) is 14.7 Å². The molecule has 3 atom stereocenters. The van der Waals surface area contributed by atoms with Gasteiger partial charge in [-0.05, 0) is 30.2 Å². The molecule has 32 heavy (non-hydrogen) atoms. The Morgan fingerprint density at radius 2 is 1.97 bits per heavy atom. The minimum Gasteiger partial charge on any atom is -0.390 e. The first kappa shape index (κ1) is 24.9. The molecular formula is C22H28Cl2FN3O4. The van der Waals surface area contributed by atoms with Gasteiger partial charge in [-0.3, -0.25) is 14.5 Å². The third-order valence-corrected chi connectivity index (χ3v) is 6.49. The zero-order chi connectivity index (χ0) is 23.3. The first-order valence-corrected chi connectivity index (χ1v) is 11.4. The van der Waals surface area contributed by atoms with E-state index in [2.05, 4.69) is 0 Å². The van der Waals surface area contributed by atoms with Crippen molar-refractivity contribution in [3.8, 4) is 0 Å². The molecule has 2 saturated heterocycles. The maximum Gasteiger partial charge on any atom is 0.246 e. The van der Waals surface area contributed by atoms with Crippen molar-refractivity contribution >= 4 is 41.1 Å². The lowest BCUT2D eigenvalue weighted by Gasteiger charge is -2.34. The summed E-state index contributed by atoms with van der Waals surface area (Å²) in [7, 11) is 0. The van der Waals surface area contributed by atoms with Crippen LogP contribution in [0.5, 0.6) is 0 Å². The summed E-state index contributed by atoms with van der Waals surface area (Å²) >= 11 is 11.9. The van der Waals surface area contributed by atoms with E-state index in [4.69, 9.17) is 23.2 Å². The summed E-state index contributed by atoms with van der Waals surface area (Å²) in [5, 5.41) is 20.7. The summed E-state index contributed by atoms with van der Waals surface area (Å²) in [5.41, 5.74) is 0.740. The summed E-state index contributed by atoms with van der Waals surface area (Å²) in [5.74, 6) is -0.350. The van der Waals surface area contributed by atoms with Crippen molar-refractivity contribution in [1.29, 1.82) is 0 Å². The lowest BCUT2D eigenvalue weighted by atomic mass is 10.1. The highest BCUT2D eigenvalue weighted by molar-refractivity contribution is 6.42. The van der Waals surface area contributed by atoms with Gasteiger partial charge in [0.15, 0.2) is 0 Å². The Bertz CT molecular complexity index is 856. The molecule has 10 heteroatoms. The van der Waals surface area contributed by atoms with Gasteiger partial charge in [0.25, 0.3) is 0 Å². The van der Waals surface area contributed by atoms with E-state index in [0.29, 0.717) is 42.6 Å². The van der Waals surface area contributed by atoms with Crippen molar-refractivity contribution in [3.63, 3.8) is 0 Å². The molecule has 7 nitrogen and oxygen atoms in total. The van der Waals surface area contributed by atoms with Gasteiger partial charge in [0.1, 0.15) is 6.17 Å². The average molecular weight is 488 g/mol. The van der Waals surface area contributed by atoms with E-state index in [9.17, 15) is 24.2 Å². The molecule has 0 spiro atoms. The number of hydrogen-bond donors (Lipinski definition) is 2. The smallest absolute Gasteiger partial charge is 0.246 e. The molecule has 0 aliphatic carbocycles. The number of aliphatic hydroxyl groups excluding tert-OH is 2. The highest BCUT2D eigenvalue weighted by Gasteiger charge is 2.30. The number of carbonyl (C=O) groups is 2.